The molecule has 0 saturated heterocycles. The van der Waals surface area contributed by atoms with Crippen LogP contribution in [0.4, 0.5) is 0 Å². The van der Waals surface area contributed by atoms with Gasteiger partial charge in [-0.05, 0) is 30.5 Å². The number of aliphatic hydroxyl groups is 1. The van der Waals surface area contributed by atoms with Gasteiger partial charge in [0.15, 0.2) is 0 Å². The molecule has 126 valence electrons. The summed E-state index contributed by atoms with van der Waals surface area (Å²) in [4.78, 5) is 0. The van der Waals surface area contributed by atoms with Crippen molar-refractivity contribution in [1.29, 1.82) is 0 Å². The summed E-state index contributed by atoms with van der Waals surface area (Å²) in [6, 6.07) is 8.37. The van der Waals surface area contributed by atoms with Crippen LogP contribution in [0.15, 0.2) is 24.3 Å². The third-order valence-electron chi connectivity index (χ3n) is 3.30. The van der Waals surface area contributed by atoms with Crippen molar-refractivity contribution in [2.24, 2.45) is 0 Å². The predicted molar refractivity (Wildman–Crippen MR) is 90.5 cm³/mol. The van der Waals surface area contributed by atoms with E-state index in [1.807, 2.05) is 12.1 Å². The molecule has 1 aromatic carbocycles. The summed E-state index contributed by atoms with van der Waals surface area (Å²) in [6.45, 7) is 8.73. The molecule has 0 aliphatic heterocycles. The van der Waals surface area contributed by atoms with E-state index in [1.54, 1.807) is 0 Å². The first-order chi connectivity index (χ1) is 10.6. The lowest BCUT2D eigenvalue weighted by Crippen LogP contribution is -2.35. The highest BCUT2D eigenvalue weighted by molar-refractivity contribution is 5.27. The van der Waals surface area contributed by atoms with Crippen LogP contribution in [0.25, 0.3) is 0 Å². The summed E-state index contributed by atoms with van der Waals surface area (Å²) in [5, 5.41) is 13.0. The first-order valence-corrected chi connectivity index (χ1v) is 8.32. The summed E-state index contributed by atoms with van der Waals surface area (Å²) in [7, 11) is 0. The minimum atomic E-state index is -0.492. The molecule has 0 aliphatic carbocycles. The smallest absolute Gasteiger partial charge is 0.119 e. The third kappa shape index (κ3) is 9.03. The van der Waals surface area contributed by atoms with E-state index in [0.717, 1.165) is 31.8 Å². The van der Waals surface area contributed by atoms with Crippen LogP contribution in [0.5, 0.6) is 5.75 Å². The van der Waals surface area contributed by atoms with E-state index in [9.17, 15) is 5.11 Å². The molecule has 0 aliphatic rings. The number of hydrogen-bond donors (Lipinski definition) is 2. The second kappa shape index (κ2) is 11.5. The van der Waals surface area contributed by atoms with Gasteiger partial charge in [0, 0.05) is 19.2 Å². The fraction of sp³-hybridized carbons (Fsp3) is 0.667. The van der Waals surface area contributed by atoms with Gasteiger partial charge in [-0.25, -0.2) is 0 Å². The lowest BCUT2D eigenvalue weighted by atomic mass is 10.1. The highest BCUT2D eigenvalue weighted by Crippen LogP contribution is 2.13. The Kier molecular flexibility index (Phi) is 9.87. The van der Waals surface area contributed by atoms with Crippen LogP contribution in [0, 0.1) is 0 Å². The number of unbranched alkanes of at least 4 members (excludes halogenated alkanes) is 1. The average molecular weight is 309 g/mol. The van der Waals surface area contributed by atoms with Gasteiger partial charge in [0.1, 0.15) is 18.5 Å². The van der Waals surface area contributed by atoms with Gasteiger partial charge in [-0.3, -0.25) is 0 Å². The molecular weight excluding hydrogens is 278 g/mol. The standard InChI is InChI=1S/C18H31NO3/c1-4-5-11-21-12-10-16-6-8-18(9-7-16)22-14-17(20)13-19-15(2)3/h6-9,15,17,19-20H,4-5,10-14H2,1-3H3. The molecule has 0 radical (unpaired) electrons. The average Bonchev–Trinajstić information content (AvgIpc) is 2.52. The maximum atomic E-state index is 9.80. The highest BCUT2D eigenvalue weighted by Gasteiger charge is 2.06. The van der Waals surface area contributed by atoms with Crippen molar-refractivity contribution >= 4 is 0 Å². The summed E-state index contributed by atoms with van der Waals surface area (Å²) < 4.78 is 11.2. The van der Waals surface area contributed by atoms with Gasteiger partial charge in [-0.15, -0.1) is 0 Å². The summed E-state index contributed by atoms with van der Waals surface area (Å²) in [5.74, 6) is 0.791. The largest absolute Gasteiger partial charge is 0.491 e. The van der Waals surface area contributed by atoms with Crippen LogP contribution in [0.1, 0.15) is 39.2 Å². The van der Waals surface area contributed by atoms with Crippen molar-refractivity contribution in [2.75, 3.05) is 26.4 Å². The van der Waals surface area contributed by atoms with Crippen molar-refractivity contribution in [1.82, 2.24) is 5.32 Å². The molecule has 0 heterocycles. The van der Waals surface area contributed by atoms with Gasteiger partial charge < -0.3 is 19.9 Å². The van der Waals surface area contributed by atoms with Crippen molar-refractivity contribution < 1.29 is 14.6 Å². The van der Waals surface area contributed by atoms with Crippen LogP contribution >= 0.6 is 0 Å². The Bertz CT molecular complexity index is 378. The quantitative estimate of drug-likeness (QED) is 0.583. The molecule has 0 aromatic heterocycles. The molecule has 1 aromatic rings. The van der Waals surface area contributed by atoms with Gasteiger partial charge in [0.25, 0.3) is 0 Å². The molecule has 0 fully saturated rings. The lowest BCUT2D eigenvalue weighted by molar-refractivity contribution is 0.104. The van der Waals surface area contributed by atoms with Crippen molar-refractivity contribution in [2.45, 2.75) is 52.2 Å². The Labute approximate surface area is 134 Å². The van der Waals surface area contributed by atoms with Crippen molar-refractivity contribution in [3.8, 4) is 5.75 Å². The number of rotatable bonds is 12. The Morgan fingerprint density at radius 3 is 2.50 bits per heavy atom. The molecule has 2 N–H and O–H groups in total. The molecular formula is C18H31NO3. The topological polar surface area (TPSA) is 50.7 Å². The summed E-state index contributed by atoms with van der Waals surface area (Å²) in [6.07, 6.45) is 2.73. The third-order valence-corrected chi connectivity index (χ3v) is 3.30. The molecule has 0 amide bonds. The van der Waals surface area contributed by atoms with E-state index in [-0.39, 0.29) is 0 Å². The van der Waals surface area contributed by atoms with Crippen molar-refractivity contribution in [3.63, 3.8) is 0 Å². The number of nitrogens with one attached hydrogen (secondary N) is 1. The summed E-state index contributed by atoms with van der Waals surface area (Å²) in [5.41, 5.74) is 1.24. The molecule has 1 atom stereocenters. The number of hydrogen-bond acceptors (Lipinski definition) is 4. The first kappa shape index (κ1) is 18.9. The molecule has 4 nitrogen and oxygen atoms in total. The van der Waals surface area contributed by atoms with Gasteiger partial charge >= 0.3 is 0 Å². The second-order valence-electron chi connectivity index (χ2n) is 5.89. The van der Waals surface area contributed by atoms with Crippen LogP contribution in [0.3, 0.4) is 0 Å². The highest BCUT2D eigenvalue weighted by atomic mass is 16.5. The van der Waals surface area contributed by atoms with E-state index in [1.165, 1.54) is 12.0 Å². The SMILES string of the molecule is CCCCOCCc1ccc(OCC(O)CNC(C)C)cc1. The minimum Gasteiger partial charge on any atom is -0.491 e. The molecule has 22 heavy (non-hydrogen) atoms. The Hall–Kier alpha value is -1.10. The number of aliphatic hydroxyl groups excluding tert-OH is 1. The van der Waals surface area contributed by atoms with E-state index < -0.39 is 6.10 Å². The minimum absolute atomic E-state index is 0.305. The second-order valence-corrected chi connectivity index (χ2v) is 5.89. The molecule has 0 spiro atoms. The zero-order valence-corrected chi connectivity index (χ0v) is 14.2. The van der Waals surface area contributed by atoms with Crippen LogP contribution in [-0.4, -0.2) is 43.6 Å². The Balaban J connectivity index is 2.21. The lowest BCUT2D eigenvalue weighted by Gasteiger charge is -2.15. The Morgan fingerprint density at radius 1 is 1.14 bits per heavy atom. The fourth-order valence-electron chi connectivity index (χ4n) is 1.91. The molecule has 0 bridgehead atoms. The molecule has 1 unspecified atom stereocenters. The van der Waals surface area contributed by atoms with Gasteiger partial charge in [-0.2, -0.15) is 0 Å². The van der Waals surface area contributed by atoms with E-state index in [0.29, 0.717) is 19.2 Å². The van der Waals surface area contributed by atoms with Crippen molar-refractivity contribution in [3.05, 3.63) is 29.8 Å². The Morgan fingerprint density at radius 2 is 1.86 bits per heavy atom. The predicted octanol–water partition coefficient (Wildman–Crippen LogP) is 2.78. The fourth-order valence-corrected chi connectivity index (χ4v) is 1.91. The first-order valence-electron chi connectivity index (χ1n) is 8.32. The maximum absolute atomic E-state index is 9.80. The molecule has 0 saturated carbocycles. The van der Waals surface area contributed by atoms with Gasteiger partial charge in [0.05, 0.1) is 6.61 Å². The van der Waals surface area contributed by atoms with Crippen LogP contribution in [-0.2, 0) is 11.2 Å². The number of benzene rings is 1. The van der Waals surface area contributed by atoms with Crippen LogP contribution < -0.4 is 10.1 Å². The molecule has 1 rings (SSSR count). The zero-order chi connectivity index (χ0) is 16.2. The van der Waals surface area contributed by atoms with Crippen LogP contribution in [0.2, 0.25) is 0 Å². The van der Waals surface area contributed by atoms with E-state index >= 15 is 0 Å². The maximum Gasteiger partial charge on any atom is 0.119 e. The van der Waals surface area contributed by atoms with E-state index in [4.69, 9.17) is 9.47 Å². The van der Waals surface area contributed by atoms with Gasteiger partial charge in [0.2, 0.25) is 0 Å². The summed E-state index contributed by atoms with van der Waals surface area (Å²) >= 11 is 0. The number of ether oxygens (including phenoxy) is 2. The monoisotopic (exact) mass is 309 g/mol. The van der Waals surface area contributed by atoms with E-state index in [2.05, 4.69) is 38.2 Å². The zero-order valence-electron chi connectivity index (χ0n) is 14.2. The molecule has 4 heteroatoms. The van der Waals surface area contributed by atoms with Gasteiger partial charge in [-0.1, -0.05) is 39.3 Å². The normalized spacial score (nSPS) is 12.6.